The number of aromatic nitrogens is 2. The van der Waals surface area contributed by atoms with Gasteiger partial charge in [0.15, 0.2) is 21.4 Å². The van der Waals surface area contributed by atoms with Gasteiger partial charge in [-0.25, -0.2) is 18.4 Å². The Kier molecular flexibility index (Phi) is 5.37. The molecule has 0 saturated carbocycles. The van der Waals surface area contributed by atoms with Gasteiger partial charge in [0.25, 0.3) is 0 Å². The van der Waals surface area contributed by atoms with Crippen LogP contribution in [-0.4, -0.2) is 36.8 Å². The number of rotatable bonds is 4. The van der Waals surface area contributed by atoms with Gasteiger partial charge in [-0.2, -0.15) is 13.2 Å². The number of nitrogens with zero attached hydrogens (tertiary/aromatic N) is 2. The first-order chi connectivity index (χ1) is 13.1. The molecule has 6 nitrogen and oxygen atoms in total. The molecule has 0 bridgehead atoms. The first-order valence-electron chi connectivity index (χ1n) is 8.46. The molecular formula is C18H19F3N2O4S. The van der Waals surface area contributed by atoms with Crippen molar-refractivity contribution < 1.29 is 31.1 Å². The van der Waals surface area contributed by atoms with E-state index in [1.54, 1.807) is 0 Å². The van der Waals surface area contributed by atoms with Crippen molar-refractivity contribution in [1.29, 1.82) is 0 Å². The van der Waals surface area contributed by atoms with Gasteiger partial charge >= 0.3 is 6.18 Å². The zero-order valence-electron chi connectivity index (χ0n) is 15.2. The van der Waals surface area contributed by atoms with E-state index < -0.39 is 32.4 Å². The van der Waals surface area contributed by atoms with Crippen LogP contribution in [0.15, 0.2) is 41.6 Å². The van der Waals surface area contributed by atoms with Gasteiger partial charge < -0.3 is 9.47 Å². The van der Waals surface area contributed by atoms with Crippen LogP contribution in [-0.2, 0) is 20.8 Å². The lowest BCUT2D eigenvalue weighted by Gasteiger charge is -2.37. The molecule has 3 rings (SSSR count). The third-order valence-electron chi connectivity index (χ3n) is 4.86. The minimum absolute atomic E-state index is 0.0257. The maximum atomic E-state index is 13.2. The van der Waals surface area contributed by atoms with Crippen LogP contribution in [0.2, 0.25) is 0 Å². The molecule has 1 aromatic heterocycles. The van der Waals surface area contributed by atoms with Gasteiger partial charge in [0.2, 0.25) is 0 Å². The molecule has 10 heteroatoms. The Morgan fingerprint density at radius 2 is 1.93 bits per heavy atom. The highest BCUT2D eigenvalue weighted by Gasteiger charge is 2.46. The Morgan fingerprint density at radius 1 is 1.25 bits per heavy atom. The van der Waals surface area contributed by atoms with E-state index in [4.69, 9.17) is 9.47 Å². The fraction of sp³-hybridized carbons (Fsp3) is 0.444. The molecule has 28 heavy (non-hydrogen) atoms. The Hall–Kier alpha value is -2.20. The SMILES string of the molecule is COc1cnc(C2CC(C)(S(=O)(=O)c3cccc(C(F)(F)F)c3)CCO2)nc1. The molecule has 0 N–H and O–H groups in total. The summed E-state index contributed by atoms with van der Waals surface area (Å²) in [5.41, 5.74) is -1.00. The molecule has 2 heterocycles. The molecule has 0 amide bonds. The number of alkyl halides is 3. The number of sulfone groups is 1. The second-order valence-electron chi connectivity index (χ2n) is 6.77. The third kappa shape index (κ3) is 3.83. The smallest absolute Gasteiger partial charge is 0.416 e. The number of benzene rings is 1. The van der Waals surface area contributed by atoms with Crippen molar-refractivity contribution >= 4 is 9.84 Å². The second-order valence-corrected chi connectivity index (χ2v) is 9.24. The fourth-order valence-electron chi connectivity index (χ4n) is 3.10. The molecule has 0 radical (unpaired) electrons. The summed E-state index contributed by atoms with van der Waals surface area (Å²) in [6, 6.07) is 3.81. The number of halogens is 3. The lowest BCUT2D eigenvalue weighted by atomic mass is 9.96. The summed E-state index contributed by atoms with van der Waals surface area (Å²) in [5.74, 6) is 0.741. The van der Waals surface area contributed by atoms with Crippen molar-refractivity contribution in [3.8, 4) is 5.75 Å². The fourth-order valence-corrected chi connectivity index (χ4v) is 4.93. The van der Waals surface area contributed by atoms with Gasteiger partial charge in [-0.3, -0.25) is 0 Å². The molecule has 1 fully saturated rings. The summed E-state index contributed by atoms with van der Waals surface area (Å²) in [7, 11) is -2.59. The van der Waals surface area contributed by atoms with Crippen molar-refractivity contribution in [1.82, 2.24) is 9.97 Å². The Bertz CT molecular complexity index is 948. The van der Waals surface area contributed by atoms with Gasteiger partial charge in [0, 0.05) is 13.0 Å². The molecule has 1 saturated heterocycles. The van der Waals surface area contributed by atoms with E-state index in [0.717, 1.165) is 12.1 Å². The van der Waals surface area contributed by atoms with Crippen LogP contribution in [0.4, 0.5) is 13.2 Å². The average Bonchev–Trinajstić information content (AvgIpc) is 2.67. The standard InChI is InChI=1S/C18H19F3N2O4S/c1-17(28(24,25)14-5-3-4-12(8-14)18(19,20)21)6-7-27-15(9-17)16-22-10-13(26-2)11-23-16/h3-5,8,10-11,15H,6-7,9H2,1-2H3. The number of hydrogen-bond acceptors (Lipinski definition) is 6. The van der Waals surface area contributed by atoms with E-state index in [1.807, 2.05) is 0 Å². The van der Waals surface area contributed by atoms with E-state index in [2.05, 4.69) is 9.97 Å². The van der Waals surface area contributed by atoms with Crippen LogP contribution < -0.4 is 4.74 Å². The molecular weight excluding hydrogens is 397 g/mol. The molecule has 2 unspecified atom stereocenters. The Morgan fingerprint density at radius 3 is 2.54 bits per heavy atom. The molecule has 1 aliphatic heterocycles. The summed E-state index contributed by atoms with van der Waals surface area (Å²) >= 11 is 0. The van der Waals surface area contributed by atoms with Crippen molar-refractivity contribution in [2.45, 2.75) is 41.7 Å². The van der Waals surface area contributed by atoms with Gasteiger partial charge in [-0.15, -0.1) is 0 Å². The van der Waals surface area contributed by atoms with Gasteiger partial charge in [0.1, 0.15) is 6.10 Å². The van der Waals surface area contributed by atoms with Gasteiger partial charge in [-0.1, -0.05) is 6.07 Å². The minimum atomic E-state index is -4.62. The highest BCUT2D eigenvalue weighted by atomic mass is 32.2. The Labute approximate surface area is 160 Å². The lowest BCUT2D eigenvalue weighted by Crippen LogP contribution is -2.42. The summed E-state index contributed by atoms with van der Waals surface area (Å²) in [6.07, 6.45) is -2.25. The summed E-state index contributed by atoms with van der Waals surface area (Å²) in [5, 5.41) is 0. The van der Waals surface area contributed by atoms with Crippen molar-refractivity contribution in [3.63, 3.8) is 0 Å². The first-order valence-corrected chi connectivity index (χ1v) is 9.94. The van der Waals surface area contributed by atoms with Crippen LogP contribution >= 0.6 is 0 Å². The molecule has 2 aromatic rings. The van der Waals surface area contributed by atoms with E-state index in [-0.39, 0.29) is 24.3 Å². The zero-order valence-corrected chi connectivity index (χ0v) is 16.0. The number of methoxy groups -OCH3 is 1. The number of hydrogen-bond donors (Lipinski definition) is 0. The molecule has 0 aliphatic carbocycles. The monoisotopic (exact) mass is 416 g/mol. The molecule has 1 aromatic carbocycles. The van der Waals surface area contributed by atoms with Crippen LogP contribution in [0, 0.1) is 0 Å². The molecule has 1 aliphatic rings. The van der Waals surface area contributed by atoms with Crippen LogP contribution in [0.1, 0.15) is 37.3 Å². The average molecular weight is 416 g/mol. The highest BCUT2D eigenvalue weighted by Crippen LogP contribution is 2.42. The minimum Gasteiger partial charge on any atom is -0.494 e. The van der Waals surface area contributed by atoms with Gasteiger partial charge in [0.05, 0.1) is 34.7 Å². The lowest BCUT2D eigenvalue weighted by molar-refractivity contribution is -0.137. The predicted octanol–water partition coefficient (Wildman–Crippen LogP) is 3.59. The maximum absolute atomic E-state index is 13.2. The topological polar surface area (TPSA) is 78.4 Å². The third-order valence-corrected chi connectivity index (χ3v) is 7.40. The first kappa shape index (κ1) is 20.5. The highest BCUT2D eigenvalue weighted by molar-refractivity contribution is 7.92. The van der Waals surface area contributed by atoms with Crippen molar-refractivity contribution in [2.75, 3.05) is 13.7 Å². The quantitative estimate of drug-likeness (QED) is 0.758. The molecule has 0 spiro atoms. The molecule has 152 valence electrons. The second kappa shape index (κ2) is 7.32. The summed E-state index contributed by atoms with van der Waals surface area (Å²) in [4.78, 5) is 7.91. The number of ether oxygens (including phenoxy) is 2. The Balaban J connectivity index is 1.92. The van der Waals surface area contributed by atoms with Gasteiger partial charge in [-0.05, 0) is 31.5 Å². The predicted molar refractivity (Wildman–Crippen MR) is 93.5 cm³/mol. The van der Waals surface area contributed by atoms with E-state index in [9.17, 15) is 21.6 Å². The zero-order chi connectivity index (χ0) is 20.6. The summed E-state index contributed by atoms with van der Waals surface area (Å²) in [6.45, 7) is 1.64. The van der Waals surface area contributed by atoms with E-state index in [1.165, 1.54) is 32.5 Å². The van der Waals surface area contributed by atoms with Crippen LogP contribution in [0.5, 0.6) is 5.75 Å². The van der Waals surface area contributed by atoms with Crippen molar-refractivity contribution in [3.05, 3.63) is 48.0 Å². The van der Waals surface area contributed by atoms with E-state index >= 15 is 0 Å². The normalized spacial score (nSPS) is 23.4. The maximum Gasteiger partial charge on any atom is 0.416 e. The van der Waals surface area contributed by atoms with Crippen LogP contribution in [0.3, 0.4) is 0 Å². The molecule has 2 atom stereocenters. The summed E-state index contributed by atoms with van der Waals surface area (Å²) < 4.78 is 74.7. The largest absolute Gasteiger partial charge is 0.494 e. The van der Waals surface area contributed by atoms with Crippen molar-refractivity contribution in [2.24, 2.45) is 0 Å². The van der Waals surface area contributed by atoms with Crippen LogP contribution in [0.25, 0.3) is 0 Å². The van der Waals surface area contributed by atoms with E-state index in [0.29, 0.717) is 17.6 Å².